The summed E-state index contributed by atoms with van der Waals surface area (Å²) in [7, 11) is 0. The molecule has 0 radical (unpaired) electrons. The van der Waals surface area contributed by atoms with E-state index in [9.17, 15) is 14.0 Å². The Balaban J connectivity index is 3.22. The Morgan fingerprint density at radius 1 is 1.29 bits per heavy atom. The lowest BCUT2D eigenvalue weighted by atomic mass is 10.3. The van der Waals surface area contributed by atoms with E-state index in [0.29, 0.717) is 19.8 Å². The summed E-state index contributed by atoms with van der Waals surface area (Å²) in [4.78, 5) is 20.8. The van der Waals surface area contributed by atoms with Crippen LogP contribution in [0.2, 0.25) is 0 Å². The van der Waals surface area contributed by atoms with Gasteiger partial charge >= 0.3 is 6.04 Å². The number of ether oxygens (including phenoxy) is 1. The van der Waals surface area contributed by atoms with Gasteiger partial charge in [-0.2, -0.15) is 4.39 Å². The van der Waals surface area contributed by atoms with Crippen LogP contribution in [0.5, 0.6) is 0 Å². The van der Waals surface area contributed by atoms with E-state index in [1.807, 2.05) is 6.92 Å². The summed E-state index contributed by atoms with van der Waals surface area (Å²) in [6, 6.07) is -1.46. The van der Waals surface area contributed by atoms with Gasteiger partial charge in [0.05, 0.1) is 6.61 Å². The van der Waals surface area contributed by atoms with E-state index in [1.165, 1.54) is 0 Å². The third kappa shape index (κ3) is 9.12. The zero-order valence-corrected chi connectivity index (χ0v) is 8.35. The quantitative estimate of drug-likeness (QED) is 0.471. The summed E-state index contributed by atoms with van der Waals surface area (Å²) < 4.78 is 16.8. The molecule has 0 heterocycles. The minimum Gasteiger partial charge on any atom is -0.380 e. The number of nitrogens with one attached hydrogen (secondary N) is 1. The standard InChI is InChI=1S/C9H16FNO3/c1-2-6-14-7-5-11-9(13)4-3-8(10)12/h2-7H2,1H3,(H,11,13). The van der Waals surface area contributed by atoms with Crippen LogP contribution in [0.4, 0.5) is 4.39 Å². The average Bonchev–Trinajstić information content (AvgIpc) is 2.14. The van der Waals surface area contributed by atoms with Crippen LogP contribution in [-0.4, -0.2) is 31.7 Å². The Labute approximate surface area is 82.8 Å². The highest BCUT2D eigenvalue weighted by atomic mass is 19.1. The van der Waals surface area contributed by atoms with Crippen molar-refractivity contribution in [3.8, 4) is 0 Å². The molecule has 0 rings (SSSR count). The molecule has 0 aromatic carbocycles. The number of hydrogen-bond acceptors (Lipinski definition) is 3. The maximum atomic E-state index is 11.7. The van der Waals surface area contributed by atoms with Gasteiger partial charge in [0.25, 0.3) is 0 Å². The van der Waals surface area contributed by atoms with Crippen LogP contribution >= 0.6 is 0 Å². The van der Waals surface area contributed by atoms with E-state index in [4.69, 9.17) is 4.74 Å². The second kappa shape index (κ2) is 8.62. The maximum absolute atomic E-state index is 11.7. The molecule has 0 aliphatic heterocycles. The van der Waals surface area contributed by atoms with Gasteiger partial charge in [-0.05, 0) is 6.42 Å². The molecule has 1 N–H and O–H groups in total. The number of carbonyl (C=O) groups excluding carboxylic acids is 2. The highest BCUT2D eigenvalue weighted by molar-refractivity contribution is 5.80. The van der Waals surface area contributed by atoms with Crippen LogP contribution in [0, 0.1) is 0 Å². The smallest absolute Gasteiger partial charge is 0.302 e. The van der Waals surface area contributed by atoms with Crippen molar-refractivity contribution in [2.75, 3.05) is 19.8 Å². The topological polar surface area (TPSA) is 55.4 Å². The van der Waals surface area contributed by atoms with Crippen molar-refractivity contribution in [1.29, 1.82) is 0 Å². The molecular formula is C9H16FNO3. The normalized spacial score (nSPS) is 9.86. The predicted molar refractivity (Wildman–Crippen MR) is 49.5 cm³/mol. The first-order valence-corrected chi connectivity index (χ1v) is 4.69. The van der Waals surface area contributed by atoms with E-state index in [1.54, 1.807) is 0 Å². The average molecular weight is 205 g/mol. The molecule has 0 aromatic heterocycles. The third-order valence-corrected chi connectivity index (χ3v) is 1.47. The van der Waals surface area contributed by atoms with E-state index < -0.39 is 6.04 Å². The van der Waals surface area contributed by atoms with Gasteiger partial charge in [0, 0.05) is 26.0 Å². The summed E-state index contributed by atoms with van der Waals surface area (Å²) in [6.07, 6.45) is 0.495. The lowest BCUT2D eigenvalue weighted by Crippen LogP contribution is -2.27. The number of amides is 1. The Morgan fingerprint density at radius 2 is 2.00 bits per heavy atom. The highest BCUT2D eigenvalue weighted by Gasteiger charge is 2.04. The van der Waals surface area contributed by atoms with Crippen LogP contribution in [0.1, 0.15) is 26.2 Å². The van der Waals surface area contributed by atoms with Crippen LogP contribution < -0.4 is 5.32 Å². The molecule has 0 spiro atoms. The first-order valence-electron chi connectivity index (χ1n) is 4.69. The highest BCUT2D eigenvalue weighted by Crippen LogP contribution is 1.91. The fraction of sp³-hybridized carbons (Fsp3) is 0.778. The molecule has 5 heteroatoms. The summed E-state index contributed by atoms with van der Waals surface area (Å²) in [5.74, 6) is -0.323. The lowest BCUT2D eigenvalue weighted by Gasteiger charge is -2.04. The SMILES string of the molecule is CCCOCCNC(=O)CCC(=O)F. The number of halogens is 1. The molecule has 14 heavy (non-hydrogen) atoms. The van der Waals surface area contributed by atoms with Gasteiger partial charge in [-0.25, -0.2) is 0 Å². The Bertz CT molecular complexity index is 185. The fourth-order valence-electron chi connectivity index (χ4n) is 0.809. The molecule has 0 atom stereocenters. The first kappa shape index (κ1) is 13.0. The van der Waals surface area contributed by atoms with Crippen molar-refractivity contribution < 1.29 is 18.7 Å². The van der Waals surface area contributed by atoms with Crippen LogP contribution in [0.25, 0.3) is 0 Å². The van der Waals surface area contributed by atoms with Crippen LogP contribution in [0.3, 0.4) is 0 Å². The molecule has 0 aliphatic rings. The second-order valence-corrected chi connectivity index (χ2v) is 2.82. The molecule has 0 aliphatic carbocycles. The summed E-state index contributed by atoms with van der Waals surface area (Å²) >= 11 is 0. The summed E-state index contributed by atoms with van der Waals surface area (Å²) in [5.41, 5.74) is 0. The van der Waals surface area contributed by atoms with Gasteiger partial charge < -0.3 is 10.1 Å². The van der Waals surface area contributed by atoms with Gasteiger partial charge in [-0.1, -0.05) is 6.92 Å². The number of rotatable bonds is 8. The van der Waals surface area contributed by atoms with Gasteiger partial charge in [0.1, 0.15) is 0 Å². The Morgan fingerprint density at radius 3 is 2.57 bits per heavy atom. The van der Waals surface area contributed by atoms with Crippen molar-refractivity contribution in [2.45, 2.75) is 26.2 Å². The van der Waals surface area contributed by atoms with Crippen LogP contribution in [0.15, 0.2) is 0 Å². The predicted octanol–water partition coefficient (Wildman–Crippen LogP) is 0.806. The summed E-state index contributed by atoms with van der Waals surface area (Å²) in [5, 5.41) is 2.51. The monoisotopic (exact) mass is 205 g/mol. The molecule has 4 nitrogen and oxygen atoms in total. The fourth-order valence-corrected chi connectivity index (χ4v) is 0.809. The van der Waals surface area contributed by atoms with Gasteiger partial charge in [-0.3, -0.25) is 9.59 Å². The maximum Gasteiger partial charge on any atom is 0.302 e. The number of hydrogen-bond donors (Lipinski definition) is 1. The van der Waals surface area contributed by atoms with Crippen molar-refractivity contribution in [3.63, 3.8) is 0 Å². The molecule has 0 fully saturated rings. The lowest BCUT2D eigenvalue weighted by molar-refractivity contribution is -0.132. The zero-order valence-electron chi connectivity index (χ0n) is 8.35. The van der Waals surface area contributed by atoms with Gasteiger partial charge in [0.2, 0.25) is 5.91 Å². The van der Waals surface area contributed by atoms with Gasteiger partial charge in [-0.15, -0.1) is 0 Å². The molecule has 0 aromatic rings. The van der Waals surface area contributed by atoms with Crippen LogP contribution in [-0.2, 0) is 14.3 Å². The zero-order chi connectivity index (χ0) is 10.8. The first-order chi connectivity index (χ1) is 6.66. The summed E-state index contributed by atoms with van der Waals surface area (Å²) in [6.45, 7) is 3.51. The third-order valence-electron chi connectivity index (χ3n) is 1.47. The van der Waals surface area contributed by atoms with Crippen molar-refractivity contribution in [3.05, 3.63) is 0 Å². The van der Waals surface area contributed by atoms with E-state index in [-0.39, 0.29) is 18.7 Å². The number of carbonyl (C=O) groups is 2. The molecule has 0 bridgehead atoms. The van der Waals surface area contributed by atoms with E-state index in [2.05, 4.69) is 5.32 Å². The van der Waals surface area contributed by atoms with Crippen molar-refractivity contribution in [2.24, 2.45) is 0 Å². The Hall–Kier alpha value is -0.970. The minimum absolute atomic E-state index is 0.0941. The molecule has 1 amide bonds. The van der Waals surface area contributed by atoms with E-state index in [0.717, 1.165) is 6.42 Å². The molecule has 0 unspecified atom stereocenters. The minimum atomic E-state index is -1.46. The van der Waals surface area contributed by atoms with Gasteiger partial charge in [0.15, 0.2) is 0 Å². The van der Waals surface area contributed by atoms with Crippen molar-refractivity contribution in [1.82, 2.24) is 5.32 Å². The largest absolute Gasteiger partial charge is 0.380 e. The molecular weight excluding hydrogens is 189 g/mol. The molecule has 0 saturated heterocycles. The van der Waals surface area contributed by atoms with Crippen molar-refractivity contribution >= 4 is 11.9 Å². The molecule has 0 saturated carbocycles. The second-order valence-electron chi connectivity index (χ2n) is 2.82. The van der Waals surface area contributed by atoms with E-state index >= 15 is 0 Å². The molecule has 82 valence electrons. The Kier molecular flexibility index (Phi) is 8.02.